The summed E-state index contributed by atoms with van der Waals surface area (Å²) in [5, 5.41) is 3.60. The standard InChI is InChI=1S/C17H21F2NS/c18-17(19)21-16-7-2-1-6-14(16)20-15-9-10-8-13(15)12-5-3-4-11(10)12/h1-2,6-7,10-13,15,17,20H,3-5,8-9H2. The largest absolute Gasteiger partial charge is 0.381 e. The highest BCUT2D eigenvalue weighted by Gasteiger charge is 2.53. The van der Waals surface area contributed by atoms with E-state index in [1.54, 1.807) is 6.07 Å². The van der Waals surface area contributed by atoms with E-state index in [0.717, 1.165) is 29.4 Å². The zero-order valence-electron chi connectivity index (χ0n) is 12.0. The van der Waals surface area contributed by atoms with Crippen molar-refractivity contribution in [3.8, 4) is 0 Å². The van der Waals surface area contributed by atoms with Crippen LogP contribution in [0.1, 0.15) is 32.1 Å². The normalized spacial score (nSPS) is 37.2. The summed E-state index contributed by atoms with van der Waals surface area (Å²) < 4.78 is 25.4. The topological polar surface area (TPSA) is 12.0 Å². The van der Waals surface area contributed by atoms with Gasteiger partial charge in [-0.3, -0.25) is 0 Å². The highest BCUT2D eigenvalue weighted by molar-refractivity contribution is 7.99. The molecule has 5 unspecified atom stereocenters. The number of hydrogen-bond donors (Lipinski definition) is 1. The second-order valence-electron chi connectivity index (χ2n) is 6.78. The van der Waals surface area contributed by atoms with Gasteiger partial charge in [0.15, 0.2) is 0 Å². The third kappa shape index (κ3) is 2.45. The van der Waals surface area contributed by atoms with Gasteiger partial charge >= 0.3 is 0 Å². The Hall–Kier alpha value is -0.770. The van der Waals surface area contributed by atoms with Crippen LogP contribution in [-0.2, 0) is 0 Å². The maximum absolute atomic E-state index is 12.7. The van der Waals surface area contributed by atoms with Crippen molar-refractivity contribution in [3.05, 3.63) is 24.3 Å². The number of thioether (sulfide) groups is 1. The van der Waals surface area contributed by atoms with Gasteiger partial charge < -0.3 is 5.32 Å². The lowest BCUT2D eigenvalue weighted by atomic mass is 9.79. The first-order valence-electron chi connectivity index (χ1n) is 8.03. The molecule has 3 aliphatic carbocycles. The van der Waals surface area contributed by atoms with Crippen LogP contribution in [0.15, 0.2) is 29.2 Å². The molecule has 1 aromatic carbocycles. The minimum atomic E-state index is -2.35. The summed E-state index contributed by atoms with van der Waals surface area (Å²) in [5.41, 5.74) is 0.898. The van der Waals surface area contributed by atoms with Gasteiger partial charge in [-0.05, 0) is 61.5 Å². The Kier molecular flexibility index (Phi) is 3.60. The molecule has 0 aromatic heterocycles. The number of nitrogens with one attached hydrogen (secondary N) is 1. The number of para-hydroxylation sites is 1. The van der Waals surface area contributed by atoms with Gasteiger partial charge in [-0.15, -0.1) is 0 Å². The molecule has 1 nitrogen and oxygen atoms in total. The van der Waals surface area contributed by atoms with Crippen LogP contribution in [0.4, 0.5) is 14.5 Å². The van der Waals surface area contributed by atoms with Crippen LogP contribution in [-0.4, -0.2) is 11.8 Å². The first-order valence-corrected chi connectivity index (χ1v) is 8.90. The summed E-state index contributed by atoms with van der Waals surface area (Å²) in [6.07, 6.45) is 6.80. The fraction of sp³-hybridized carbons (Fsp3) is 0.647. The molecule has 0 heterocycles. The lowest BCUT2D eigenvalue weighted by molar-refractivity contribution is 0.243. The molecule has 0 saturated heterocycles. The molecule has 3 saturated carbocycles. The van der Waals surface area contributed by atoms with E-state index in [0.29, 0.717) is 22.7 Å². The molecule has 114 valence electrons. The maximum atomic E-state index is 12.7. The number of fused-ring (bicyclic) bond motifs is 5. The summed E-state index contributed by atoms with van der Waals surface area (Å²) in [5.74, 6) is 1.17. The van der Waals surface area contributed by atoms with Crippen molar-refractivity contribution in [2.45, 2.75) is 48.8 Å². The molecule has 3 fully saturated rings. The zero-order valence-corrected chi connectivity index (χ0v) is 12.8. The Morgan fingerprint density at radius 2 is 1.86 bits per heavy atom. The SMILES string of the molecule is FC(F)Sc1ccccc1NC1CC2CC1C1CCCC21. The molecule has 1 aromatic rings. The minimum Gasteiger partial charge on any atom is -0.381 e. The van der Waals surface area contributed by atoms with Gasteiger partial charge in [0.25, 0.3) is 5.76 Å². The second-order valence-corrected chi connectivity index (χ2v) is 7.81. The number of rotatable bonds is 4. The van der Waals surface area contributed by atoms with E-state index >= 15 is 0 Å². The molecule has 0 radical (unpaired) electrons. The van der Waals surface area contributed by atoms with Crippen LogP contribution in [0.25, 0.3) is 0 Å². The number of benzene rings is 1. The van der Waals surface area contributed by atoms with Gasteiger partial charge in [0.05, 0.1) is 0 Å². The number of anilines is 1. The van der Waals surface area contributed by atoms with Crippen molar-refractivity contribution in [2.75, 3.05) is 5.32 Å². The van der Waals surface area contributed by atoms with Gasteiger partial charge in [0.2, 0.25) is 0 Å². The van der Waals surface area contributed by atoms with Crippen molar-refractivity contribution in [3.63, 3.8) is 0 Å². The minimum absolute atomic E-state index is 0.494. The van der Waals surface area contributed by atoms with E-state index in [9.17, 15) is 8.78 Å². The molecule has 1 N–H and O–H groups in total. The Morgan fingerprint density at radius 1 is 1.05 bits per heavy atom. The van der Waals surface area contributed by atoms with Crippen molar-refractivity contribution >= 4 is 17.4 Å². The Balaban J connectivity index is 1.50. The summed E-state index contributed by atoms with van der Waals surface area (Å²) in [4.78, 5) is 0.679. The van der Waals surface area contributed by atoms with Crippen LogP contribution >= 0.6 is 11.8 Å². The van der Waals surface area contributed by atoms with Gasteiger partial charge in [0, 0.05) is 16.6 Å². The maximum Gasteiger partial charge on any atom is 0.288 e. The van der Waals surface area contributed by atoms with Crippen LogP contribution in [0, 0.1) is 23.7 Å². The predicted molar refractivity (Wildman–Crippen MR) is 82.8 cm³/mol. The van der Waals surface area contributed by atoms with Crippen LogP contribution in [0.2, 0.25) is 0 Å². The molecule has 5 atom stereocenters. The summed E-state index contributed by atoms with van der Waals surface area (Å²) in [6, 6.07) is 8.01. The summed E-state index contributed by atoms with van der Waals surface area (Å²) in [6.45, 7) is 0. The molecule has 21 heavy (non-hydrogen) atoms. The van der Waals surface area contributed by atoms with E-state index in [-0.39, 0.29) is 0 Å². The average molecular weight is 309 g/mol. The van der Waals surface area contributed by atoms with E-state index in [1.807, 2.05) is 18.2 Å². The van der Waals surface area contributed by atoms with E-state index < -0.39 is 5.76 Å². The molecule has 3 aliphatic rings. The zero-order chi connectivity index (χ0) is 14.4. The van der Waals surface area contributed by atoms with Crippen molar-refractivity contribution in [1.82, 2.24) is 0 Å². The molecule has 0 spiro atoms. The first-order chi connectivity index (χ1) is 10.2. The van der Waals surface area contributed by atoms with Gasteiger partial charge in [-0.2, -0.15) is 8.78 Å². The Bertz CT molecular complexity index is 521. The smallest absolute Gasteiger partial charge is 0.288 e. The van der Waals surface area contributed by atoms with Gasteiger partial charge in [-0.25, -0.2) is 0 Å². The van der Waals surface area contributed by atoms with Crippen LogP contribution in [0.5, 0.6) is 0 Å². The van der Waals surface area contributed by atoms with E-state index in [2.05, 4.69) is 5.32 Å². The molecule has 4 heteroatoms. The van der Waals surface area contributed by atoms with Crippen molar-refractivity contribution < 1.29 is 8.78 Å². The van der Waals surface area contributed by atoms with E-state index in [1.165, 1.54) is 32.1 Å². The fourth-order valence-electron chi connectivity index (χ4n) is 5.22. The predicted octanol–water partition coefficient (Wildman–Crippen LogP) is 5.24. The van der Waals surface area contributed by atoms with Crippen molar-refractivity contribution in [1.29, 1.82) is 0 Å². The lowest BCUT2D eigenvalue weighted by Crippen LogP contribution is -2.34. The molecular formula is C17H21F2NS. The Labute approximate surface area is 128 Å². The highest BCUT2D eigenvalue weighted by Crippen LogP contribution is 2.59. The first kappa shape index (κ1) is 13.9. The third-order valence-electron chi connectivity index (χ3n) is 5.87. The molecule has 0 aliphatic heterocycles. The monoisotopic (exact) mass is 309 g/mol. The summed E-state index contributed by atoms with van der Waals surface area (Å²) >= 11 is 0.652. The summed E-state index contributed by atoms with van der Waals surface area (Å²) in [7, 11) is 0. The number of alkyl halides is 2. The van der Waals surface area contributed by atoms with Crippen LogP contribution in [0.3, 0.4) is 0 Å². The molecule has 4 rings (SSSR count). The highest BCUT2D eigenvalue weighted by atomic mass is 32.2. The number of hydrogen-bond acceptors (Lipinski definition) is 2. The van der Waals surface area contributed by atoms with Crippen LogP contribution < -0.4 is 5.32 Å². The van der Waals surface area contributed by atoms with E-state index in [4.69, 9.17) is 0 Å². The van der Waals surface area contributed by atoms with Gasteiger partial charge in [-0.1, -0.05) is 30.3 Å². The Morgan fingerprint density at radius 3 is 2.71 bits per heavy atom. The van der Waals surface area contributed by atoms with Gasteiger partial charge in [0.1, 0.15) is 0 Å². The quantitative estimate of drug-likeness (QED) is 0.764. The molecule has 2 bridgehead atoms. The number of halogens is 2. The molecular weight excluding hydrogens is 288 g/mol. The second kappa shape index (κ2) is 5.45. The lowest BCUT2D eigenvalue weighted by Gasteiger charge is -2.33. The molecule has 0 amide bonds. The third-order valence-corrected chi connectivity index (χ3v) is 6.66. The fourth-order valence-corrected chi connectivity index (χ4v) is 5.82. The van der Waals surface area contributed by atoms with Crippen molar-refractivity contribution in [2.24, 2.45) is 23.7 Å². The average Bonchev–Trinajstić information content (AvgIpc) is 3.12.